The molecular formula is C12H26O. The maximum atomic E-state index is 9.85. The molecule has 0 saturated carbocycles. The van der Waals surface area contributed by atoms with Crippen LogP contribution >= 0.6 is 0 Å². The zero-order valence-electron chi connectivity index (χ0n) is 10.1. The van der Waals surface area contributed by atoms with E-state index in [1.165, 1.54) is 0 Å². The van der Waals surface area contributed by atoms with Crippen LogP contribution in [0.1, 0.15) is 54.4 Å². The molecule has 0 fully saturated rings. The molecule has 0 aliphatic heterocycles. The van der Waals surface area contributed by atoms with Crippen molar-refractivity contribution in [2.24, 2.45) is 17.3 Å². The summed E-state index contributed by atoms with van der Waals surface area (Å²) in [6.45, 7) is 13.2. The van der Waals surface area contributed by atoms with Gasteiger partial charge in [-0.25, -0.2) is 0 Å². The van der Waals surface area contributed by atoms with Crippen LogP contribution < -0.4 is 0 Å². The summed E-state index contributed by atoms with van der Waals surface area (Å²) in [4.78, 5) is 0. The second kappa shape index (κ2) is 4.99. The lowest BCUT2D eigenvalue weighted by Gasteiger charge is -2.27. The first-order chi connectivity index (χ1) is 5.72. The van der Waals surface area contributed by atoms with Crippen LogP contribution in [0, 0.1) is 17.3 Å². The first kappa shape index (κ1) is 13.0. The summed E-state index contributed by atoms with van der Waals surface area (Å²) < 4.78 is 0. The highest BCUT2D eigenvalue weighted by atomic mass is 16.3. The van der Waals surface area contributed by atoms with Crippen LogP contribution in [0.5, 0.6) is 0 Å². The minimum atomic E-state index is -0.126. The normalized spacial score (nSPS) is 17.5. The molecular weight excluding hydrogens is 160 g/mol. The van der Waals surface area contributed by atoms with Crippen LogP contribution in [0.4, 0.5) is 0 Å². The lowest BCUT2D eigenvalue weighted by Crippen LogP contribution is -2.24. The van der Waals surface area contributed by atoms with Gasteiger partial charge in [-0.3, -0.25) is 0 Å². The van der Waals surface area contributed by atoms with E-state index in [1.54, 1.807) is 0 Å². The fourth-order valence-electron chi connectivity index (χ4n) is 1.82. The van der Waals surface area contributed by atoms with E-state index < -0.39 is 0 Å². The van der Waals surface area contributed by atoms with Gasteiger partial charge in [0.25, 0.3) is 0 Å². The van der Waals surface area contributed by atoms with Crippen molar-refractivity contribution in [3.63, 3.8) is 0 Å². The molecule has 0 aromatic heterocycles. The third-order valence-corrected chi connectivity index (χ3v) is 2.30. The highest BCUT2D eigenvalue weighted by Crippen LogP contribution is 2.27. The van der Waals surface area contributed by atoms with Crippen LogP contribution in [-0.2, 0) is 0 Å². The molecule has 0 amide bonds. The first-order valence-corrected chi connectivity index (χ1v) is 5.40. The minimum Gasteiger partial charge on any atom is -0.393 e. The Morgan fingerprint density at radius 3 is 1.85 bits per heavy atom. The van der Waals surface area contributed by atoms with E-state index in [1.807, 2.05) is 0 Å². The van der Waals surface area contributed by atoms with Crippen LogP contribution in [-0.4, -0.2) is 11.2 Å². The molecule has 0 aliphatic carbocycles. The summed E-state index contributed by atoms with van der Waals surface area (Å²) in [5.74, 6) is 1.01. The van der Waals surface area contributed by atoms with Gasteiger partial charge in [-0.2, -0.15) is 0 Å². The number of aliphatic hydroxyl groups excluding tert-OH is 1. The smallest absolute Gasteiger partial charge is 0.0568 e. The summed E-state index contributed by atoms with van der Waals surface area (Å²) >= 11 is 0. The molecule has 0 bridgehead atoms. The van der Waals surface area contributed by atoms with Gasteiger partial charge in [0, 0.05) is 0 Å². The number of hydrogen-bond donors (Lipinski definition) is 1. The van der Waals surface area contributed by atoms with Crippen molar-refractivity contribution in [3.05, 3.63) is 0 Å². The number of hydrogen-bond acceptors (Lipinski definition) is 1. The number of rotatable bonds is 4. The zero-order valence-corrected chi connectivity index (χ0v) is 10.1. The number of aliphatic hydroxyl groups is 1. The van der Waals surface area contributed by atoms with Crippen molar-refractivity contribution < 1.29 is 5.11 Å². The van der Waals surface area contributed by atoms with Crippen molar-refractivity contribution in [3.8, 4) is 0 Å². The lowest BCUT2D eigenvalue weighted by molar-refractivity contribution is 0.0727. The standard InChI is InChI=1S/C12H26O/c1-9(2)7-11(13)10(3)8-12(4,5)6/h9-11,13H,7-8H2,1-6H3. The largest absolute Gasteiger partial charge is 0.393 e. The average Bonchev–Trinajstić information content (AvgIpc) is 1.81. The highest BCUT2D eigenvalue weighted by Gasteiger charge is 2.21. The van der Waals surface area contributed by atoms with Gasteiger partial charge in [0.1, 0.15) is 0 Å². The van der Waals surface area contributed by atoms with Gasteiger partial charge < -0.3 is 5.11 Å². The molecule has 0 spiro atoms. The van der Waals surface area contributed by atoms with Gasteiger partial charge in [-0.05, 0) is 30.1 Å². The van der Waals surface area contributed by atoms with Crippen molar-refractivity contribution >= 4 is 0 Å². The third kappa shape index (κ3) is 7.06. The summed E-state index contributed by atoms with van der Waals surface area (Å²) in [7, 11) is 0. The van der Waals surface area contributed by atoms with Gasteiger partial charge in [0.15, 0.2) is 0 Å². The molecule has 13 heavy (non-hydrogen) atoms. The second-order valence-electron chi connectivity index (χ2n) is 5.94. The highest BCUT2D eigenvalue weighted by molar-refractivity contribution is 4.72. The van der Waals surface area contributed by atoms with E-state index in [-0.39, 0.29) is 6.10 Å². The predicted molar refractivity (Wildman–Crippen MR) is 58.7 cm³/mol. The molecule has 1 heteroatoms. The van der Waals surface area contributed by atoms with Crippen LogP contribution in [0.2, 0.25) is 0 Å². The fraction of sp³-hybridized carbons (Fsp3) is 1.00. The molecule has 0 saturated heterocycles. The predicted octanol–water partition coefficient (Wildman–Crippen LogP) is 3.47. The van der Waals surface area contributed by atoms with Gasteiger partial charge in [0.2, 0.25) is 0 Å². The second-order valence-corrected chi connectivity index (χ2v) is 5.94. The van der Waals surface area contributed by atoms with Crippen molar-refractivity contribution in [1.82, 2.24) is 0 Å². The molecule has 2 unspecified atom stereocenters. The van der Waals surface area contributed by atoms with Crippen LogP contribution in [0.25, 0.3) is 0 Å². The molecule has 0 radical (unpaired) electrons. The third-order valence-electron chi connectivity index (χ3n) is 2.30. The van der Waals surface area contributed by atoms with Crippen molar-refractivity contribution in [2.45, 2.75) is 60.5 Å². The Morgan fingerprint density at radius 1 is 1.08 bits per heavy atom. The Labute approximate surface area is 83.5 Å². The summed E-state index contributed by atoms with van der Waals surface area (Å²) in [6.07, 6.45) is 1.90. The Kier molecular flexibility index (Phi) is 4.98. The quantitative estimate of drug-likeness (QED) is 0.713. The Morgan fingerprint density at radius 2 is 1.54 bits per heavy atom. The van der Waals surface area contributed by atoms with Gasteiger partial charge >= 0.3 is 0 Å². The fourth-order valence-corrected chi connectivity index (χ4v) is 1.82. The summed E-state index contributed by atoms with van der Waals surface area (Å²) in [5, 5.41) is 9.85. The van der Waals surface area contributed by atoms with E-state index in [0.29, 0.717) is 17.3 Å². The Hall–Kier alpha value is -0.0400. The SMILES string of the molecule is CC(C)CC(O)C(C)CC(C)(C)C. The summed E-state index contributed by atoms with van der Waals surface area (Å²) in [6, 6.07) is 0. The molecule has 80 valence electrons. The lowest BCUT2D eigenvalue weighted by atomic mass is 9.81. The topological polar surface area (TPSA) is 20.2 Å². The van der Waals surface area contributed by atoms with E-state index in [4.69, 9.17) is 0 Å². The Bertz CT molecular complexity index is 133. The molecule has 0 rings (SSSR count). The molecule has 0 aromatic carbocycles. The molecule has 1 N–H and O–H groups in total. The Balaban J connectivity index is 3.89. The van der Waals surface area contributed by atoms with E-state index in [9.17, 15) is 5.11 Å². The van der Waals surface area contributed by atoms with Crippen molar-refractivity contribution in [1.29, 1.82) is 0 Å². The van der Waals surface area contributed by atoms with Crippen LogP contribution in [0.15, 0.2) is 0 Å². The summed E-state index contributed by atoms with van der Waals surface area (Å²) in [5.41, 5.74) is 0.331. The van der Waals surface area contributed by atoms with E-state index in [2.05, 4.69) is 41.5 Å². The van der Waals surface area contributed by atoms with Gasteiger partial charge in [0.05, 0.1) is 6.10 Å². The molecule has 2 atom stereocenters. The molecule has 1 nitrogen and oxygen atoms in total. The average molecular weight is 186 g/mol. The maximum absolute atomic E-state index is 9.85. The monoisotopic (exact) mass is 186 g/mol. The first-order valence-electron chi connectivity index (χ1n) is 5.40. The zero-order chi connectivity index (χ0) is 10.6. The molecule has 0 aromatic rings. The van der Waals surface area contributed by atoms with Crippen molar-refractivity contribution in [2.75, 3.05) is 0 Å². The van der Waals surface area contributed by atoms with E-state index in [0.717, 1.165) is 12.8 Å². The van der Waals surface area contributed by atoms with E-state index >= 15 is 0 Å². The molecule has 0 heterocycles. The maximum Gasteiger partial charge on any atom is 0.0568 e. The minimum absolute atomic E-state index is 0.126. The van der Waals surface area contributed by atoms with Gasteiger partial charge in [-0.1, -0.05) is 41.5 Å². The molecule has 0 aliphatic rings. The van der Waals surface area contributed by atoms with Gasteiger partial charge in [-0.15, -0.1) is 0 Å². The van der Waals surface area contributed by atoms with Crippen LogP contribution in [0.3, 0.4) is 0 Å².